The largest absolute Gasteiger partial charge is 0.330 e. The number of hydrogen-bond donors (Lipinski definition) is 0. The van der Waals surface area contributed by atoms with E-state index in [9.17, 15) is 10.1 Å². The molecule has 1 atom stereocenters. The Kier molecular flexibility index (Phi) is 3.82. The molecule has 0 saturated carbocycles. The zero-order valence-electron chi connectivity index (χ0n) is 14.1. The van der Waals surface area contributed by atoms with Crippen molar-refractivity contribution in [2.45, 2.75) is 5.92 Å². The first-order valence-corrected chi connectivity index (χ1v) is 8.14. The topological polar surface area (TPSA) is 76.5 Å². The van der Waals surface area contributed by atoms with Crippen LogP contribution in [0.4, 0.5) is 0 Å². The third-order valence-corrected chi connectivity index (χ3v) is 4.36. The summed E-state index contributed by atoms with van der Waals surface area (Å²) in [5.74, 6) is -0.861. The molecule has 26 heavy (non-hydrogen) atoms. The van der Waals surface area contributed by atoms with Crippen molar-refractivity contribution in [3.05, 3.63) is 78.4 Å². The molecule has 0 radical (unpaired) electrons. The van der Waals surface area contributed by atoms with Gasteiger partial charge >= 0.3 is 0 Å². The van der Waals surface area contributed by atoms with E-state index in [1.165, 1.54) is 6.20 Å². The van der Waals surface area contributed by atoms with Gasteiger partial charge in [0.15, 0.2) is 11.7 Å². The highest BCUT2D eigenvalue weighted by Crippen LogP contribution is 2.24. The van der Waals surface area contributed by atoms with E-state index in [-0.39, 0.29) is 5.78 Å². The SMILES string of the molecule is Cn1c(C(C#N)C(=O)c2cnn(-c3ccccc3)c2)nc2ccccc21. The molecule has 0 aliphatic carbocycles. The molecule has 0 saturated heterocycles. The van der Waals surface area contributed by atoms with E-state index in [0.29, 0.717) is 11.4 Å². The van der Waals surface area contributed by atoms with Gasteiger partial charge in [-0.2, -0.15) is 10.4 Å². The second kappa shape index (κ2) is 6.30. The van der Waals surface area contributed by atoms with Gasteiger partial charge in [-0.3, -0.25) is 4.79 Å². The first-order chi connectivity index (χ1) is 12.7. The summed E-state index contributed by atoms with van der Waals surface area (Å²) in [5.41, 5.74) is 2.88. The maximum atomic E-state index is 12.9. The molecule has 0 bridgehead atoms. The number of ketones is 1. The van der Waals surface area contributed by atoms with Crippen LogP contribution in [0.3, 0.4) is 0 Å². The van der Waals surface area contributed by atoms with E-state index >= 15 is 0 Å². The summed E-state index contributed by atoms with van der Waals surface area (Å²) in [6.07, 6.45) is 3.13. The minimum absolute atomic E-state index is 0.312. The number of aromatic nitrogens is 4. The molecule has 0 fully saturated rings. The van der Waals surface area contributed by atoms with Crippen LogP contribution in [0.25, 0.3) is 16.7 Å². The second-order valence-electron chi connectivity index (χ2n) is 5.95. The predicted molar refractivity (Wildman–Crippen MR) is 97.0 cm³/mol. The number of carbonyl (C=O) groups is 1. The van der Waals surface area contributed by atoms with E-state index in [4.69, 9.17) is 0 Å². The minimum Gasteiger partial charge on any atom is -0.330 e. The van der Waals surface area contributed by atoms with Gasteiger partial charge in [-0.1, -0.05) is 30.3 Å². The molecule has 0 aliphatic rings. The zero-order chi connectivity index (χ0) is 18.1. The van der Waals surface area contributed by atoms with E-state index in [1.807, 2.05) is 61.6 Å². The van der Waals surface area contributed by atoms with Crippen molar-refractivity contribution in [1.82, 2.24) is 19.3 Å². The lowest BCUT2D eigenvalue weighted by atomic mass is 10.0. The normalized spacial score (nSPS) is 12.0. The number of Topliss-reactive ketones (excluding diaryl/α,β-unsaturated/α-hetero) is 1. The van der Waals surface area contributed by atoms with Crippen LogP contribution in [0.1, 0.15) is 22.1 Å². The summed E-state index contributed by atoms with van der Waals surface area (Å²) >= 11 is 0. The molecule has 126 valence electrons. The highest BCUT2D eigenvalue weighted by molar-refractivity contribution is 6.02. The van der Waals surface area contributed by atoms with Crippen LogP contribution in [0.5, 0.6) is 0 Å². The van der Waals surface area contributed by atoms with Gasteiger partial charge in [0, 0.05) is 13.2 Å². The Labute approximate surface area is 149 Å². The molecule has 1 unspecified atom stereocenters. The Morgan fingerprint density at radius 3 is 2.58 bits per heavy atom. The van der Waals surface area contributed by atoms with E-state index in [0.717, 1.165) is 16.7 Å². The molecule has 0 N–H and O–H groups in total. The van der Waals surface area contributed by atoms with Crippen LogP contribution in [0, 0.1) is 11.3 Å². The molecule has 0 spiro atoms. The van der Waals surface area contributed by atoms with Gasteiger partial charge in [0.1, 0.15) is 5.82 Å². The van der Waals surface area contributed by atoms with Crippen LogP contribution in [-0.4, -0.2) is 25.1 Å². The third kappa shape index (κ3) is 2.56. The van der Waals surface area contributed by atoms with Crippen molar-refractivity contribution in [2.24, 2.45) is 7.05 Å². The summed E-state index contributed by atoms with van der Waals surface area (Å²) in [5, 5.41) is 13.9. The van der Waals surface area contributed by atoms with Crippen molar-refractivity contribution in [2.75, 3.05) is 0 Å². The smallest absolute Gasteiger partial charge is 0.190 e. The minimum atomic E-state index is -0.985. The monoisotopic (exact) mass is 341 g/mol. The van der Waals surface area contributed by atoms with Crippen molar-refractivity contribution in [1.29, 1.82) is 5.26 Å². The quantitative estimate of drug-likeness (QED) is 0.534. The molecule has 0 amide bonds. The summed E-state index contributed by atoms with van der Waals surface area (Å²) in [6, 6.07) is 19.2. The lowest BCUT2D eigenvalue weighted by Gasteiger charge is -2.07. The number of imidazole rings is 1. The first-order valence-electron chi connectivity index (χ1n) is 8.14. The molecule has 4 rings (SSSR count). The average Bonchev–Trinajstić information content (AvgIpc) is 3.29. The third-order valence-electron chi connectivity index (χ3n) is 4.36. The molecule has 2 heterocycles. The van der Waals surface area contributed by atoms with Gasteiger partial charge in [-0.25, -0.2) is 9.67 Å². The number of fused-ring (bicyclic) bond motifs is 1. The van der Waals surface area contributed by atoms with Gasteiger partial charge < -0.3 is 4.57 Å². The predicted octanol–water partition coefficient (Wildman–Crippen LogP) is 3.25. The summed E-state index contributed by atoms with van der Waals surface area (Å²) in [6.45, 7) is 0. The number of nitriles is 1. The molecule has 0 aliphatic heterocycles. The number of benzene rings is 2. The fraction of sp³-hybridized carbons (Fsp3) is 0.100. The van der Waals surface area contributed by atoms with E-state index in [1.54, 1.807) is 15.4 Å². The Bertz CT molecular complexity index is 1130. The Balaban J connectivity index is 1.71. The molecule has 2 aromatic carbocycles. The summed E-state index contributed by atoms with van der Waals surface area (Å²) in [4.78, 5) is 17.4. The highest BCUT2D eigenvalue weighted by Gasteiger charge is 2.28. The fourth-order valence-electron chi connectivity index (χ4n) is 2.99. The first kappa shape index (κ1) is 15.8. The zero-order valence-corrected chi connectivity index (χ0v) is 14.1. The van der Waals surface area contributed by atoms with Crippen molar-refractivity contribution >= 4 is 16.8 Å². The number of para-hydroxylation sites is 3. The average molecular weight is 341 g/mol. The number of carbonyl (C=O) groups excluding carboxylic acids is 1. The highest BCUT2D eigenvalue weighted by atomic mass is 16.1. The van der Waals surface area contributed by atoms with E-state index < -0.39 is 5.92 Å². The number of rotatable bonds is 4. The lowest BCUT2D eigenvalue weighted by molar-refractivity contribution is 0.0975. The van der Waals surface area contributed by atoms with Crippen molar-refractivity contribution in [3.63, 3.8) is 0 Å². The van der Waals surface area contributed by atoms with Gasteiger partial charge in [0.05, 0.1) is 34.6 Å². The van der Waals surface area contributed by atoms with Gasteiger partial charge in [-0.15, -0.1) is 0 Å². The Morgan fingerprint density at radius 1 is 1.12 bits per heavy atom. The molecule has 4 aromatic rings. The van der Waals surface area contributed by atoms with Gasteiger partial charge in [-0.05, 0) is 24.3 Å². The summed E-state index contributed by atoms with van der Waals surface area (Å²) < 4.78 is 3.42. The van der Waals surface area contributed by atoms with Crippen LogP contribution < -0.4 is 0 Å². The molecular formula is C20H15N5O. The molecular weight excluding hydrogens is 326 g/mol. The molecule has 6 nitrogen and oxygen atoms in total. The van der Waals surface area contributed by atoms with Crippen LogP contribution in [-0.2, 0) is 7.05 Å². The van der Waals surface area contributed by atoms with E-state index in [2.05, 4.69) is 16.2 Å². The van der Waals surface area contributed by atoms with Crippen molar-refractivity contribution < 1.29 is 4.79 Å². The maximum absolute atomic E-state index is 12.9. The Hall–Kier alpha value is -3.72. The van der Waals surface area contributed by atoms with Crippen LogP contribution >= 0.6 is 0 Å². The standard InChI is InChI=1S/C20H15N5O/c1-24-18-10-6-5-9-17(18)23-20(24)16(11-21)19(26)14-12-22-25(13-14)15-7-3-2-4-8-15/h2-10,12-13,16H,1H3. The molecule has 2 aromatic heterocycles. The van der Waals surface area contributed by atoms with Gasteiger partial charge in [0.2, 0.25) is 0 Å². The Morgan fingerprint density at radius 2 is 1.85 bits per heavy atom. The number of nitrogens with zero attached hydrogens (tertiary/aromatic N) is 5. The summed E-state index contributed by atoms with van der Waals surface area (Å²) in [7, 11) is 1.82. The fourth-order valence-corrected chi connectivity index (χ4v) is 2.99. The van der Waals surface area contributed by atoms with Crippen molar-refractivity contribution in [3.8, 4) is 11.8 Å². The van der Waals surface area contributed by atoms with Crippen LogP contribution in [0.2, 0.25) is 0 Å². The second-order valence-corrected chi connectivity index (χ2v) is 5.95. The number of hydrogen-bond acceptors (Lipinski definition) is 4. The lowest BCUT2D eigenvalue weighted by Crippen LogP contribution is -2.15. The van der Waals surface area contributed by atoms with Crippen LogP contribution in [0.15, 0.2) is 67.0 Å². The molecule has 6 heteroatoms. The number of aryl methyl sites for hydroxylation is 1. The van der Waals surface area contributed by atoms with Gasteiger partial charge in [0.25, 0.3) is 0 Å². The maximum Gasteiger partial charge on any atom is 0.190 e.